The molecule has 0 radical (unpaired) electrons. The number of β-lactam (4-membered cyclic amide) rings is 1. The van der Waals surface area contributed by atoms with Crippen molar-refractivity contribution in [1.29, 1.82) is 0 Å². The largest absolute Gasteiger partial charge is 0.298 e. The Hall–Kier alpha value is -0.770. The van der Waals surface area contributed by atoms with Gasteiger partial charge in [0.15, 0.2) is 5.37 Å². The van der Waals surface area contributed by atoms with Gasteiger partial charge in [-0.1, -0.05) is 6.08 Å². The summed E-state index contributed by atoms with van der Waals surface area (Å²) in [5.41, 5.74) is 0. The maximum atomic E-state index is 10.7. The molecule has 3 nitrogen and oxygen atoms in total. The first-order chi connectivity index (χ1) is 4.80. The monoisotopic (exact) mass is 155 g/mol. The standard InChI is InChI=1S/C6H5NO2S/c8-4-5(9)7-2-1-3-10-6(4)7/h1-2,6H,3H2/t6-/m0/s1. The van der Waals surface area contributed by atoms with E-state index in [2.05, 4.69) is 0 Å². The molecule has 10 heavy (non-hydrogen) atoms. The minimum absolute atomic E-state index is 0.197. The average molecular weight is 155 g/mol. The van der Waals surface area contributed by atoms with E-state index in [1.807, 2.05) is 6.08 Å². The molecule has 2 aliphatic rings. The second-order valence-corrected chi connectivity index (χ2v) is 3.26. The molecular weight excluding hydrogens is 150 g/mol. The second-order valence-electron chi connectivity index (χ2n) is 2.15. The van der Waals surface area contributed by atoms with Crippen molar-refractivity contribution in [2.75, 3.05) is 5.75 Å². The van der Waals surface area contributed by atoms with Gasteiger partial charge in [-0.2, -0.15) is 0 Å². The smallest absolute Gasteiger partial charge is 0.292 e. The van der Waals surface area contributed by atoms with Crippen LogP contribution in [0.5, 0.6) is 0 Å². The lowest BCUT2D eigenvalue weighted by Gasteiger charge is -2.37. The number of nitrogens with zero attached hydrogens (tertiary/aromatic N) is 1. The van der Waals surface area contributed by atoms with Crippen molar-refractivity contribution in [2.45, 2.75) is 5.37 Å². The molecule has 0 aromatic carbocycles. The Morgan fingerprint density at radius 1 is 1.60 bits per heavy atom. The van der Waals surface area contributed by atoms with Gasteiger partial charge in [0.25, 0.3) is 11.7 Å². The van der Waals surface area contributed by atoms with Crippen molar-refractivity contribution in [3.05, 3.63) is 12.3 Å². The number of hydrogen-bond donors (Lipinski definition) is 0. The molecule has 0 N–H and O–H groups in total. The molecule has 1 fully saturated rings. The first-order valence-electron chi connectivity index (χ1n) is 2.95. The summed E-state index contributed by atoms with van der Waals surface area (Å²) in [4.78, 5) is 22.9. The molecule has 1 atom stereocenters. The van der Waals surface area contributed by atoms with Crippen LogP contribution < -0.4 is 0 Å². The summed E-state index contributed by atoms with van der Waals surface area (Å²) in [7, 11) is 0. The van der Waals surface area contributed by atoms with Gasteiger partial charge < -0.3 is 0 Å². The van der Waals surface area contributed by atoms with Crippen LogP contribution in [0.2, 0.25) is 0 Å². The maximum Gasteiger partial charge on any atom is 0.298 e. The van der Waals surface area contributed by atoms with E-state index in [0.717, 1.165) is 5.75 Å². The minimum atomic E-state index is -0.367. The molecule has 0 aromatic heterocycles. The highest BCUT2D eigenvalue weighted by molar-refractivity contribution is 8.01. The van der Waals surface area contributed by atoms with Gasteiger partial charge >= 0.3 is 0 Å². The Labute approximate surface area is 62.1 Å². The molecule has 0 aliphatic carbocycles. The quantitative estimate of drug-likeness (QED) is 0.364. The molecule has 0 unspecified atom stereocenters. The fourth-order valence-electron chi connectivity index (χ4n) is 1.00. The van der Waals surface area contributed by atoms with Crippen molar-refractivity contribution in [3.63, 3.8) is 0 Å². The van der Waals surface area contributed by atoms with Crippen molar-refractivity contribution >= 4 is 23.5 Å². The van der Waals surface area contributed by atoms with Gasteiger partial charge in [-0.3, -0.25) is 14.5 Å². The number of hydrogen-bond acceptors (Lipinski definition) is 3. The first kappa shape index (κ1) is 5.97. The number of rotatable bonds is 0. The van der Waals surface area contributed by atoms with Gasteiger partial charge in [-0.15, -0.1) is 11.8 Å². The Morgan fingerprint density at radius 3 is 3.10 bits per heavy atom. The van der Waals surface area contributed by atoms with Crippen LogP contribution in [0.15, 0.2) is 12.3 Å². The number of carbonyl (C=O) groups is 2. The van der Waals surface area contributed by atoms with E-state index >= 15 is 0 Å². The molecule has 1 amide bonds. The number of carbonyl (C=O) groups excluding carboxylic acids is 2. The molecule has 2 heterocycles. The van der Waals surface area contributed by atoms with E-state index in [4.69, 9.17) is 0 Å². The molecule has 2 aliphatic heterocycles. The van der Waals surface area contributed by atoms with E-state index in [-0.39, 0.29) is 17.1 Å². The third-order valence-corrected chi connectivity index (χ3v) is 2.68. The topological polar surface area (TPSA) is 37.4 Å². The lowest BCUT2D eigenvalue weighted by Crippen LogP contribution is -2.58. The summed E-state index contributed by atoms with van der Waals surface area (Å²) in [6.07, 6.45) is 3.57. The predicted octanol–water partition coefficient (Wildman–Crippen LogP) is -0.0157. The van der Waals surface area contributed by atoms with Gasteiger partial charge in [-0.25, -0.2) is 0 Å². The lowest BCUT2D eigenvalue weighted by atomic mass is 10.2. The number of ketones is 1. The normalized spacial score (nSPS) is 30.0. The summed E-state index contributed by atoms with van der Waals surface area (Å²) in [5.74, 6) is 0.211. The van der Waals surface area contributed by atoms with E-state index in [9.17, 15) is 9.59 Å². The van der Waals surface area contributed by atoms with Gasteiger partial charge in [0.05, 0.1) is 0 Å². The van der Waals surface area contributed by atoms with Gasteiger partial charge in [0.2, 0.25) is 0 Å². The second kappa shape index (κ2) is 1.85. The maximum absolute atomic E-state index is 10.7. The van der Waals surface area contributed by atoms with Crippen LogP contribution in [0.25, 0.3) is 0 Å². The molecule has 0 spiro atoms. The minimum Gasteiger partial charge on any atom is -0.292 e. The number of thioether (sulfide) groups is 1. The van der Waals surface area contributed by atoms with Gasteiger partial charge in [0.1, 0.15) is 0 Å². The van der Waals surface area contributed by atoms with Crippen LogP contribution in [0.1, 0.15) is 0 Å². The first-order valence-corrected chi connectivity index (χ1v) is 4.00. The van der Waals surface area contributed by atoms with Gasteiger partial charge in [0, 0.05) is 12.0 Å². The zero-order valence-electron chi connectivity index (χ0n) is 5.11. The summed E-state index contributed by atoms with van der Waals surface area (Å²) < 4.78 is 0. The number of fused-ring (bicyclic) bond motifs is 1. The van der Waals surface area contributed by atoms with Crippen molar-refractivity contribution in [1.82, 2.24) is 4.90 Å². The number of amides is 1. The summed E-state index contributed by atoms with van der Waals surface area (Å²) >= 11 is 1.49. The number of Topliss-reactive ketones (excluding diaryl/α,β-unsaturated/α-hetero) is 1. The Morgan fingerprint density at radius 2 is 2.40 bits per heavy atom. The molecule has 2 rings (SSSR count). The Bertz CT molecular complexity index is 236. The molecular formula is C6H5NO2S. The molecule has 0 aromatic rings. The van der Waals surface area contributed by atoms with Crippen LogP contribution in [0.3, 0.4) is 0 Å². The van der Waals surface area contributed by atoms with Crippen LogP contribution in [-0.4, -0.2) is 27.7 Å². The molecule has 4 heteroatoms. The third-order valence-electron chi connectivity index (χ3n) is 1.54. The van der Waals surface area contributed by atoms with Crippen LogP contribution in [0, 0.1) is 0 Å². The zero-order valence-corrected chi connectivity index (χ0v) is 5.93. The molecule has 0 bridgehead atoms. The fourth-order valence-corrected chi connectivity index (χ4v) is 1.96. The Balaban J connectivity index is 2.26. The van der Waals surface area contributed by atoms with E-state index < -0.39 is 0 Å². The van der Waals surface area contributed by atoms with Crippen molar-refractivity contribution in [2.24, 2.45) is 0 Å². The van der Waals surface area contributed by atoms with Crippen LogP contribution >= 0.6 is 11.8 Å². The predicted molar refractivity (Wildman–Crippen MR) is 37.2 cm³/mol. The van der Waals surface area contributed by atoms with E-state index in [0.29, 0.717) is 0 Å². The van der Waals surface area contributed by atoms with Crippen LogP contribution in [-0.2, 0) is 9.59 Å². The van der Waals surface area contributed by atoms with Crippen molar-refractivity contribution in [3.8, 4) is 0 Å². The zero-order chi connectivity index (χ0) is 7.14. The highest BCUT2D eigenvalue weighted by atomic mass is 32.2. The lowest BCUT2D eigenvalue weighted by molar-refractivity contribution is -0.153. The summed E-state index contributed by atoms with van der Waals surface area (Å²) in [6, 6.07) is 0. The third kappa shape index (κ3) is 0.568. The van der Waals surface area contributed by atoms with E-state index in [1.54, 1.807) is 6.20 Å². The molecule has 52 valence electrons. The summed E-state index contributed by atoms with van der Waals surface area (Å²) in [5, 5.41) is -0.197. The SMILES string of the molecule is O=C1C(=O)N2C=CCS[C@@H]12. The molecule has 1 saturated heterocycles. The summed E-state index contributed by atoms with van der Waals surface area (Å²) in [6.45, 7) is 0. The van der Waals surface area contributed by atoms with Crippen LogP contribution in [0.4, 0.5) is 0 Å². The van der Waals surface area contributed by atoms with Gasteiger partial charge in [-0.05, 0) is 0 Å². The highest BCUT2D eigenvalue weighted by Gasteiger charge is 2.46. The average Bonchev–Trinajstić information content (AvgIpc) is 2.03. The van der Waals surface area contributed by atoms with E-state index in [1.165, 1.54) is 16.7 Å². The Kier molecular flexibility index (Phi) is 1.11. The molecule has 0 saturated carbocycles. The highest BCUT2D eigenvalue weighted by Crippen LogP contribution is 2.29. The van der Waals surface area contributed by atoms with Crippen molar-refractivity contribution < 1.29 is 9.59 Å². The fraction of sp³-hybridized carbons (Fsp3) is 0.333.